The number of aryl methyl sites for hydroxylation is 2. The van der Waals surface area contributed by atoms with Crippen molar-refractivity contribution in [2.75, 3.05) is 0 Å². The van der Waals surface area contributed by atoms with E-state index in [1.165, 1.54) is 0 Å². The van der Waals surface area contributed by atoms with Gasteiger partial charge in [0.1, 0.15) is 5.84 Å². The maximum Gasteiger partial charge on any atom is 0.123 e. The number of hydrogen-bond acceptors (Lipinski definition) is 4. The number of rotatable bonds is 1. The molecule has 0 aromatic carbocycles. The lowest BCUT2D eigenvalue weighted by Gasteiger charge is -2.16. The van der Waals surface area contributed by atoms with Crippen LogP contribution in [0.15, 0.2) is 16.4 Å². The van der Waals surface area contributed by atoms with Crippen LogP contribution in [-0.4, -0.2) is 21.3 Å². The van der Waals surface area contributed by atoms with Gasteiger partial charge in [-0.25, -0.2) is 0 Å². The lowest BCUT2D eigenvalue weighted by Crippen LogP contribution is -2.25. The first kappa shape index (κ1) is 9.89. The van der Waals surface area contributed by atoms with E-state index < -0.39 is 0 Å². The normalized spacial score (nSPS) is 21.1. The van der Waals surface area contributed by atoms with Crippen LogP contribution in [0.1, 0.15) is 24.6 Å². The molecule has 0 bridgehead atoms. The molecule has 15 heavy (non-hydrogen) atoms. The molecule has 5 nitrogen and oxygen atoms in total. The fourth-order valence-corrected chi connectivity index (χ4v) is 1.84. The average Bonchev–Trinajstić information content (AvgIpc) is 2.45. The minimum Gasteiger partial charge on any atom is -0.386 e. The van der Waals surface area contributed by atoms with Crippen molar-refractivity contribution in [1.82, 2.24) is 9.78 Å². The van der Waals surface area contributed by atoms with Crippen molar-refractivity contribution in [3.8, 4) is 0 Å². The standard InChI is InChI=1S/C10H15N5/c1-6-4-9(11)12-13-10(6)8-5-15(3)14-7(8)2/h5-6H,4H2,1-3H3,(H2,11,12). The summed E-state index contributed by atoms with van der Waals surface area (Å²) in [6.45, 7) is 4.08. The Labute approximate surface area is 88.7 Å². The molecule has 2 rings (SSSR count). The summed E-state index contributed by atoms with van der Waals surface area (Å²) < 4.78 is 1.79. The molecule has 0 radical (unpaired) electrons. The number of nitrogens with zero attached hydrogens (tertiary/aromatic N) is 4. The van der Waals surface area contributed by atoms with Crippen LogP contribution in [0.25, 0.3) is 0 Å². The van der Waals surface area contributed by atoms with E-state index in [-0.39, 0.29) is 0 Å². The van der Waals surface area contributed by atoms with E-state index >= 15 is 0 Å². The van der Waals surface area contributed by atoms with Gasteiger partial charge < -0.3 is 5.73 Å². The van der Waals surface area contributed by atoms with E-state index in [9.17, 15) is 0 Å². The maximum absolute atomic E-state index is 5.63. The van der Waals surface area contributed by atoms with E-state index in [2.05, 4.69) is 22.2 Å². The van der Waals surface area contributed by atoms with E-state index in [0.29, 0.717) is 11.8 Å². The van der Waals surface area contributed by atoms with Crippen molar-refractivity contribution in [3.05, 3.63) is 17.5 Å². The quantitative estimate of drug-likeness (QED) is 0.737. The fraction of sp³-hybridized carbons (Fsp3) is 0.500. The summed E-state index contributed by atoms with van der Waals surface area (Å²) in [5.74, 6) is 0.915. The Hall–Kier alpha value is -1.65. The highest BCUT2D eigenvalue weighted by Crippen LogP contribution is 2.19. The Kier molecular flexibility index (Phi) is 2.30. The summed E-state index contributed by atoms with van der Waals surface area (Å²) in [6, 6.07) is 0. The van der Waals surface area contributed by atoms with Gasteiger partial charge in [-0.2, -0.15) is 10.2 Å². The van der Waals surface area contributed by atoms with Crippen molar-refractivity contribution in [1.29, 1.82) is 0 Å². The molecule has 0 saturated heterocycles. The second kappa shape index (κ2) is 3.49. The molecule has 1 aromatic rings. The summed E-state index contributed by atoms with van der Waals surface area (Å²) in [7, 11) is 1.90. The van der Waals surface area contributed by atoms with Gasteiger partial charge >= 0.3 is 0 Å². The Morgan fingerprint density at radius 1 is 1.47 bits per heavy atom. The zero-order chi connectivity index (χ0) is 11.0. The van der Waals surface area contributed by atoms with E-state index in [4.69, 9.17) is 5.73 Å². The summed E-state index contributed by atoms with van der Waals surface area (Å²) in [6.07, 6.45) is 2.74. The zero-order valence-electron chi connectivity index (χ0n) is 9.23. The number of hydrogen-bond donors (Lipinski definition) is 1. The Balaban J connectivity index is 2.43. The molecule has 0 fully saturated rings. The van der Waals surface area contributed by atoms with Gasteiger partial charge in [0, 0.05) is 31.1 Å². The topological polar surface area (TPSA) is 68.6 Å². The molecule has 2 heterocycles. The van der Waals surface area contributed by atoms with Gasteiger partial charge in [-0.05, 0) is 6.92 Å². The third kappa shape index (κ3) is 1.77. The van der Waals surface area contributed by atoms with Gasteiger partial charge in [-0.15, -0.1) is 5.10 Å². The van der Waals surface area contributed by atoms with Crippen molar-refractivity contribution in [2.45, 2.75) is 20.3 Å². The highest BCUT2D eigenvalue weighted by molar-refractivity contribution is 6.06. The maximum atomic E-state index is 5.63. The Morgan fingerprint density at radius 2 is 2.20 bits per heavy atom. The zero-order valence-corrected chi connectivity index (χ0v) is 9.23. The second-order valence-corrected chi connectivity index (χ2v) is 3.98. The fourth-order valence-electron chi connectivity index (χ4n) is 1.84. The third-order valence-corrected chi connectivity index (χ3v) is 2.56. The average molecular weight is 205 g/mol. The lowest BCUT2D eigenvalue weighted by atomic mass is 9.95. The van der Waals surface area contributed by atoms with E-state index in [1.54, 1.807) is 4.68 Å². The summed E-state index contributed by atoms with van der Waals surface area (Å²) in [5.41, 5.74) is 8.67. The van der Waals surface area contributed by atoms with Gasteiger partial charge in [-0.3, -0.25) is 4.68 Å². The molecule has 0 aliphatic carbocycles. The molecule has 80 valence electrons. The van der Waals surface area contributed by atoms with Gasteiger partial charge in [-0.1, -0.05) is 6.92 Å². The molecule has 1 unspecified atom stereocenters. The van der Waals surface area contributed by atoms with Crippen molar-refractivity contribution >= 4 is 11.5 Å². The van der Waals surface area contributed by atoms with Crippen LogP contribution in [0.5, 0.6) is 0 Å². The van der Waals surface area contributed by atoms with E-state index in [1.807, 2.05) is 20.2 Å². The first-order valence-corrected chi connectivity index (χ1v) is 4.98. The number of amidine groups is 1. The molecular weight excluding hydrogens is 190 g/mol. The summed E-state index contributed by atoms with van der Waals surface area (Å²) in [5, 5.41) is 12.4. The van der Waals surface area contributed by atoms with Crippen LogP contribution in [0.4, 0.5) is 0 Å². The number of nitrogens with two attached hydrogens (primary N) is 1. The molecule has 0 spiro atoms. The minimum atomic E-state index is 0.311. The van der Waals surface area contributed by atoms with Crippen LogP contribution >= 0.6 is 0 Å². The first-order chi connectivity index (χ1) is 7.08. The largest absolute Gasteiger partial charge is 0.386 e. The predicted octanol–water partition coefficient (Wildman–Crippen LogP) is 0.830. The number of aromatic nitrogens is 2. The van der Waals surface area contributed by atoms with Crippen LogP contribution < -0.4 is 5.73 Å². The highest BCUT2D eigenvalue weighted by Gasteiger charge is 2.21. The van der Waals surface area contributed by atoms with Crippen molar-refractivity contribution in [2.24, 2.45) is 28.9 Å². The van der Waals surface area contributed by atoms with Gasteiger partial charge in [0.2, 0.25) is 0 Å². The molecule has 1 aliphatic rings. The highest BCUT2D eigenvalue weighted by atomic mass is 15.3. The monoisotopic (exact) mass is 205 g/mol. The van der Waals surface area contributed by atoms with Crippen LogP contribution in [0, 0.1) is 12.8 Å². The molecule has 1 atom stereocenters. The second-order valence-electron chi connectivity index (χ2n) is 3.98. The van der Waals surface area contributed by atoms with Crippen molar-refractivity contribution in [3.63, 3.8) is 0 Å². The van der Waals surface area contributed by atoms with Crippen LogP contribution in [0.2, 0.25) is 0 Å². The van der Waals surface area contributed by atoms with Gasteiger partial charge in [0.15, 0.2) is 0 Å². The minimum absolute atomic E-state index is 0.311. The molecule has 2 N–H and O–H groups in total. The van der Waals surface area contributed by atoms with E-state index in [0.717, 1.165) is 23.4 Å². The molecule has 1 aromatic heterocycles. The van der Waals surface area contributed by atoms with Crippen LogP contribution in [-0.2, 0) is 7.05 Å². The molecule has 5 heteroatoms. The lowest BCUT2D eigenvalue weighted by molar-refractivity contribution is 0.756. The van der Waals surface area contributed by atoms with Crippen molar-refractivity contribution < 1.29 is 0 Å². The molecule has 0 amide bonds. The Bertz CT molecular complexity index is 441. The molecule has 1 aliphatic heterocycles. The SMILES string of the molecule is Cc1nn(C)cc1C1=NN=C(N)CC1C. The molecule has 0 saturated carbocycles. The molecular formula is C10H15N5. The van der Waals surface area contributed by atoms with Gasteiger partial charge in [0.25, 0.3) is 0 Å². The van der Waals surface area contributed by atoms with Crippen LogP contribution in [0.3, 0.4) is 0 Å². The summed E-state index contributed by atoms with van der Waals surface area (Å²) >= 11 is 0. The first-order valence-electron chi connectivity index (χ1n) is 4.98. The third-order valence-electron chi connectivity index (χ3n) is 2.56. The summed E-state index contributed by atoms with van der Waals surface area (Å²) in [4.78, 5) is 0. The Morgan fingerprint density at radius 3 is 2.73 bits per heavy atom. The predicted molar refractivity (Wildman–Crippen MR) is 59.9 cm³/mol. The smallest absolute Gasteiger partial charge is 0.123 e. The van der Waals surface area contributed by atoms with Gasteiger partial charge in [0.05, 0.1) is 11.4 Å².